The number of esters is 1. The van der Waals surface area contributed by atoms with Gasteiger partial charge in [0.15, 0.2) is 0 Å². The number of ether oxygens (including phenoxy) is 1. The number of aromatic nitrogens is 2. The average Bonchev–Trinajstić information content (AvgIpc) is 3.34. The molecule has 3 aromatic heterocycles. The van der Waals surface area contributed by atoms with E-state index in [1.54, 1.807) is 41.6 Å². The van der Waals surface area contributed by atoms with Crippen LogP contribution in [0.1, 0.15) is 66.6 Å². The van der Waals surface area contributed by atoms with Crippen molar-refractivity contribution in [1.29, 1.82) is 0 Å². The highest BCUT2D eigenvalue weighted by molar-refractivity contribution is 7.18. The van der Waals surface area contributed by atoms with Crippen molar-refractivity contribution in [3.05, 3.63) is 59.4 Å². The molecule has 1 fully saturated rings. The third kappa shape index (κ3) is 6.05. The van der Waals surface area contributed by atoms with Crippen LogP contribution in [-0.2, 0) is 9.53 Å². The van der Waals surface area contributed by atoms with Gasteiger partial charge in [0.2, 0.25) is 5.91 Å². The third-order valence-electron chi connectivity index (χ3n) is 6.65. The average molecular weight is 521 g/mol. The van der Waals surface area contributed by atoms with Gasteiger partial charge in [-0.15, -0.1) is 11.3 Å². The molecule has 9 heteroatoms. The lowest BCUT2D eigenvalue weighted by molar-refractivity contribution is -0.123. The Kier molecular flexibility index (Phi) is 8.33. The Morgan fingerprint density at radius 1 is 1.08 bits per heavy atom. The van der Waals surface area contributed by atoms with Gasteiger partial charge >= 0.3 is 5.97 Å². The Labute approximate surface area is 221 Å². The Hall–Kier alpha value is -3.59. The summed E-state index contributed by atoms with van der Waals surface area (Å²) in [5.41, 5.74) is 1.63. The lowest BCUT2D eigenvalue weighted by Gasteiger charge is -2.33. The number of carbonyl (C=O) groups is 3. The van der Waals surface area contributed by atoms with Crippen LogP contribution in [0.2, 0.25) is 0 Å². The summed E-state index contributed by atoms with van der Waals surface area (Å²) in [4.78, 5) is 50.1. The van der Waals surface area contributed by atoms with E-state index in [1.165, 1.54) is 18.4 Å². The van der Waals surface area contributed by atoms with Gasteiger partial charge in [0.05, 0.1) is 12.8 Å². The molecule has 3 aromatic rings. The van der Waals surface area contributed by atoms with Gasteiger partial charge in [-0.05, 0) is 75.8 Å². The van der Waals surface area contributed by atoms with Crippen LogP contribution >= 0.6 is 11.3 Å². The number of carbonyl (C=O) groups excluding carboxylic acids is 3. The quantitative estimate of drug-likeness (QED) is 0.395. The summed E-state index contributed by atoms with van der Waals surface area (Å²) in [6.07, 6.45) is 6.99. The summed E-state index contributed by atoms with van der Waals surface area (Å²) in [5.74, 6) is 0.205. The lowest BCUT2D eigenvalue weighted by atomic mass is 9.82. The summed E-state index contributed by atoms with van der Waals surface area (Å²) in [5, 5.41) is 2.73. The molecule has 3 heterocycles. The number of hydrogen-bond acceptors (Lipinski definition) is 7. The third-order valence-corrected chi connectivity index (χ3v) is 7.80. The number of thiophene rings is 1. The minimum absolute atomic E-state index is 0.0453. The molecule has 0 atom stereocenters. The van der Waals surface area contributed by atoms with Gasteiger partial charge in [-0.1, -0.05) is 13.0 Å². The predicted molar refractivity (Wildman–Crippen MR) is 145 cm³/mol. The molecular formula is C28H32N4O4S. The van der Waals surface area contributed by atoms with Crippen LogP contribution in [0.4, 0.5) is 11.5 Å². The molecular weight excluding hydrogens is 488 g/mol. The van der Waals surface area contributed by atoms with E-state index >= 15 is 0 Å². The zero-order valence-corrected chi connectivity index (χ0v) is 22.4. The topological polar surface area (TPSA) is 101 Å². The number of anilines is 2. The van der Waals surface area contributed by atoms with E-state index < -0.39 is 5.97 Å². The van der Waals surface area contributed by atoms with Gasteiger partial charge in [-0.2, -0.15) is 0 Å². The molecule has 0 aliphatic heterocycles. The molecule has 0 spiro atoms. The highest BCUT2D eigenvalue weighted by atomic mass is 32.1. The number of rotatable bonds is 7. The van der Waals surface area contributed by atoms with Gasteiger partial charge in [0.1, 0.15) is 16.4 Å². The second kappa shape index (κ2) is 11.6. The molecule has 0 unspecified atom stereocenters. The standard InChI is InChI=1S/C28H32N4O4S/c1-17(2)32(27(34)19-10-8-18(3)9-11-19)22-15-23(37-25(22)28(35)36-4)20-12-13-24(30-16-20)31-26(33)21-7-5-6-14-29-21/h5-7,12-19H,8-11H2,1-4H3,(H,30,31,33)/t18-,19-. The van der Waals surface area contributed by atoms with Gasteiger partial charge in [0.25, 0.3) is 5.91 Å². The number of nitrogens with zero attached hydrogens (tertiary/aromatic N) is 3. The summed E-state index contributed by atoms with van der Waals surface area (Å²) in [7, 11) is 1.34. The SMILES string of the molecule is COC(=O)c1sc(-c2ccc(NC(=O)c3ccccn3)nc2)cc1N(C(=O)[C@H]1CC[C@H](C)CC1)C(C)C. The van der Waals surface area contributed by atoms with E-state index in [-0.39, 0.29) is 23.8 Å². The molecule has 0 radical (unpaired) electrons. The number of pyridine rings is 2. The van der Waals surface area contributed by atoms with E-state index in [2.05, 4.69) is 22.2 Å². The molecule has 0 saturated heterocycles. The van der Waals surface area contributed by atoms with Crippen molar-refractivity contribution in [2.45, 2.75) is 52.5 Å². The number of nitrogens with one attached hydrogen (secondary N) is 1. The van der Waals surface area contributed by atoms with Crippen LogP contribution in [0.15, 0.2) is 48.8 Å². The highest BCUT2D eigenvalue weighted by Crippen LogP contribution is 2.40. The second-order valence-electron chi connectivity index (χ2n) is 9.68. The van der Waals surface area contributed by atoms with Gasteiger partial charge in [0, 0.05) is 34.8 Å². The van der Waals surface area contributed by atoms with Crippen LogP contribution < -0.4 is 10.2 Å². The maximum atomic E-state index is 13.6. The molecule has 0 bridgehead atoms. The largest absolute Gasteiger partial charge is 0.465 e. The molecule has 1 N–H and O–H groups in total. The van der Waals surface area contributed by atoms with E-state index in [0.717, 1.165) is 36.1 Å². The minimum atomic E-state index is -0.478. The molecule has 2 amide bonds. The predicted octanol–water partition coefficient (Wildman–Crippen LogP) is 5.81. The molecule has 1 aliphatic rings. The fraction of sp³-hybridized carbons (Fsp3) is 0.393. The monoisotopic (exact) mass is 520 g/mol. The normalized spacial score (nSPS) is 17.3. The summed E-state index contributed by atoms with van der Waals surface area (Å²) >= 11 is 1.27. The van der Waals surface area contributed by atoms with Crippen molar-refractivity contribution in [3.63, 3.8) is 0 Å². The summed E-state index contributed by atoms with van der Waals surface area (Å²) in [6.45, 7) is 6.15. The highest BCUT2D eigenvalue weighted by Gasteiger charge is 2.33. The van der Waals surface area contributed by atoms with Crippen LogP contribution in [0.5, 0.6) is 0 Å². The maximum Gasteiger partial charge on any atom is 0.350 e. The number of methoxy groups -OCH3 is 1. The summed E-state index contributed by atoms with van der Waals surface area (Å²) < 4.78 is 5.06. The van der Waals surface area contributed by atoms with Crippen molar-refractivity contribution >= 4 is 40.6 Å². The van der Waals surface area contributed by atoms with E-state index in [0.29, 0.717) is 28.0 Å². The van der Waals surface area contributed by atoms with Crippen molar-refractivity contribution in [2.75, 3.05) is 17.3 Å². The first-order valence-corrected chi connectivity index (χ1v) is 13.3. The van der Waals surface area contributed by atoms with E-state index in [1.807, 2.05) is 26.0 Å². The van der Waals surface area contributed by atoms with Crippen LogP contribution in [0.3, 0.4) is 0 Å². The molecule has 37 heavy (non-hydrogen) atoms. The van der Waals surface area contributed by atoms with Crippen LogP contribution in [0, 0.1) is 11.8 Å². The molecule has 4 rings (SSSR count). The Morgan fingerprint density at radius 2 is 1.84 bits per heavy atom. The van der Waals surface area contributed by atoms with Crippen molar-refractivity contribution in [2.24, 2.45) is 11.8 Å². The zero-order valence-electron chi connectivity index (χ0n) is 21.6. The van der Waals surface area contributed by atoms with Crippen LogP contribution in [0.25, 0.3) is 10.4 Å². The van der Waals surface area contributed by atoms with Gasteiger partial charge in [-0.25, -0.2) is 9.78 Å². The first kappa shape index (κ1) is 26.5. The van der Waals surface area contributed by atoms with Crippen molar-refractivity contribution in [1.82, 2.24) is 9.97 Å². The molecule has 1 aliphatic carbocycles. The molecule has 0 aromatic carbocycles. The van der Waals surface area contributed by atoms with Crippen LogP contribution in [-0.4, -0.2) is 40.9 Å². The first-order chi connectivity index (χ1) is 17.8. The lowest BCUT2D eigenvalue weighted by Crippen LogP contribution is -2.42. The molecule has 1 saturated carbocycles. The number of hydrogen-bond donors (Lipinski definition) is 1. The summed E-state index contributed by atoms with van der Waals surface area (Å²) in [6, 6.07) is 10.4. The Morgan fingerprint density at radius 3 is 2.43 bits per heavy atom. The van der Waals surface area contributed by atoms with Crippen molar-refractivity contribution in [3.8, 4) is 10.4 Å². The Bertz CT molecular complexity index is 1250. The number of amides is 2. The van der Waals surface area contributed by atoms with E-state index in [9.17, 15) is 14.4 Å². The Balaban J connectivity index is 1.61. The first-order valence-electron chi connectivity index (χ1n) is 12.5. The van der Waals surface area contributed by atoms with Crippen molar-refractivity contribution < 1.29 is 19.1 Å². The fourth-order valence-corrected chi connectivity index (χ4v) is 5.65. The minimum Gasteiger partial charge on any atom is -0.465 e. The molecule has 194 valence electrons. The maximum absolute atomic E-state index is 13.6. The zero-order chi connectivity index (χ0) is 26.5. The van der Waals surface area contributed by atoms with Gasteiger partial charge in [-0.3, -0.25) is 14.6 Å². The molecule has 8 nitrogen and oxygen atoms in total. The second-order valence-corrected chi connectivity index (χ2v) is 10.7. The van der Waals surface area contributed by atoms with Gasteiger partial charge < -0.3 is 15.0 Å². The smallest absolute Gasteiger partial charge is 0.350 e. The van der Waals surface area contributed by atoms with E-state index in [4.69, 9.17) is 4.74 Å². The fourth-order valence-electron chi connectivity index (χ4n) is 4.59.